The van der Waals surface area contributed by atoms with Crippen LogP contribution in [0.3, 0.4) is 0 Å². The first-order valence-corrected chi connectivity index (χ1v) is 8.70. The Morgan fingerprint density at radius 1 is 1.19 bits per heavy atom. The molecular formula is C19H20FN3O2S. The summed E-state index contributed by atoms with van der Waals surface area (Å²) in [5.74, 6) is 0.383. The molecule has 1 aliphatic heterocycles. The largest absolute Gasteiger partial charge is 0.494 e. The van der Waals surface area contributed by atoms with Crippen molar-refractivity contribution in [2.75, 3.05) is 29.7 Å². The second-order valence-electron chi connectivity index (χ2n) is 6.07. The van der Waals surface area contributed by atoms with Crippen LogP contribution in [0.1, 0.15) is 18.4 Å². The molecule has 0 saturated carbocycles. The molecule has 0 saturated heterocycles. The molecular weight excluding hydrogens is 353 g/mol. The molecule has 2 aromatic rings. The smallest absolute Gasteiger partial charge is 0.226 e. The molecule has 7 heteroatoms. The van der Waals surface area contributed by atoms with Crippen LogP contribution in [0.15, 0.2) is 36.4 Å². The molecule has 0 aliphatic carbocycles. The lowest BCUT2D eigenvalue weighted by Gasteiger charge is -2.21. The van der Waals surface area contributed by atoms with E-state index in [1.54, 1.807) is 31.2 Å². The first-order chi connectivity index (χ1) is 12.5. The molecule has 5 nitrogen and oxygen atoms in total. The predicted molar refractivity (Wildman–Crippen MR) is 106 cm³/mol. The highest BCUT2D eigenvalue weighted by atomic mass is 32.1. The minimum Gasteiger partial charge on any atom is -0.494 e. The number of ether oxygens (including phenoxy) is 1. The van der Waals surface area contributed by atoms with Crippen LogP contribution in [-0.2, 0) is 11.2 Å². The highest BCUT2D eigenvalue weighted by Crippen LogP contribution is 2.36. The molecule has 1 aliphatic rings. The van der Waals surface area contributed by atoms with Crippen LogP contribution in [0.2, 0.25) is 0 Å². The van der Waals surface area contributed by atoms with E-state index in [-0.39, 0.29) is 11.7 Å². The number of aryl methyl sites for hydroxylation is 1. The Morgan fingerprint density at radius 3 is 2.62 bits per heavy atom. The fourth-order valence-electron chi connectivity index (χ4n) is 2.94. The number of methoxy groups -OCH3 is 1. The van der Waals surface area contributed by atoms with Gasteiger partial charge < -0.3 is 20.3 Å². The standard InChI is InChI=1S/C19H20FN3O2S/c1-23-16-11-17(25-2)15(10-12(16)4-3-5-18(23)24)22-19(26)21-14-8-6-13(20)7-9-14/h6-11H,3-5H2,1-2H3,(H2,21,22,26). The lowest BCUT2D eigenvalue weighted by molar-refractivity contribution is -0.118. The summed E-state index contributed by atoms with van der Waals surface area (Å²) in [6.45, 7) is 0. The average molecular weight is 373 g/mol. The van der Waals surface area contributed by atoms with E-state index in [1.807, 2.05) is 12.1 Å². The minimum absolute atomic E-state index is 0.0972. The molecule has 0 aromatic heterocycles. The van der Waals surface area contributed by atoms with Gasteiger partial charge in [0.15, 0.2) is 5.11 Å². The molecule has 1 heterocycles. The SMILES string of the molecule is COc1cc2c(cc1NC(=S)Nc1ccc(F)cc1)CCCC(=O)N2C. The second-order valence-corrected chi connectivity index (χ2v) is 6.48. The van der Waals surface area contributed by atoms with Gasteiger partial charge in [0.1, 0.15) is 11.6 Å². The maximum absolute atomic E-state index is 13.0. The number of anilines is 3. The van der Waals surface area contributed by atoms with Crippen molar-refractivity contribution in [1.82, 2.24) is 0 Å². The third kappa shape index (κ3) is 3.94. The zero-order valence-corrected chi connectivity index (χ0v) is 15.5. The number of amides is 1. The summed E-state index contributed by atoms with van der Waals surface area (Å²) in [4.78, 5) is 13.7. The zero-order chi connectivity index (χ0) is 18.7. The summed E-state index contributed by atoms with van der Waals surface area (Å²) >= 11 is 5.35. The third-order valence-electron chi connectivity index (χ3n) is 4.32. The molecule has 2 aromatic carbocycles. The Kier molecular flexibility index (Phi) is 5.37. The Labute approximate surface area is 157 Å². The number of fused-ring (bicyclic) bond motifs is 1. The third-order valence-corrected chi connectivity index (χ3v) is 4.53. The lowest BCUT2D eigenvalue weighted by Crippen LogP contribution is -2.25. The molecule has 3 rings (SSSR count). The topological polar surface area (TPSA) is 53.6 Å². The number of thiocarbonyl (C=S) groups is 1. The van der Waals surface area contributed by atoms with Crippen molar-refractivity contribution in [3.63, 3.8) is 0 Å². The first kappa shape index (κ1) is 18.1. The molecule has 26 heavy (non-hydrogen) atoms. The van der Waals surface area contributed by atoms with E-state index in [4.69, 9.17) is 17.0 Å². The zero-order valence-electron chi connectivity index (χ0n) is 14.6. The van der Waals surface area contributed by atoms with Crippen LogP contribution in [0, 0.1) is 5.82 Å². The van der Waals surface area contributed by atoms with Crippen LogP contribution in [0.25, 0.3) is 0 Å². The van der Waals surface area contributed by atoms with Gasteiger partial charge in [-0.15, -0.1) is 0 Å². The van der Waals surface area contributed by atoms with Crippen molar-refractivity contribution >= 4 is 40.3 Å². The summed E-state index contributed by atoms with van der Waals surface area (Å²) in [5.41, 5.74) is 3.31. The van der Waals surface area contributed by atoms with E-state index in [9.17, 15) is 9.18 Å². The van der Waals surface area contributed by atoms with E-state index in [0.29, 0.717) is 28.7 Å². The van der Waals surface area contributed by atoms with Gasteiger partial charge in [0.2, 0.25) is 5.91 Å². The fourth-order valence-corrected chi connectivity index (χ4v) is 3.17. The molecule has 0 spiro atoms. The lowest BCUT2D eigenvalue weighted by atomic mass is 10.1. The van der Waals surface area contributed by atoms with Crippen molar-refractivity contribution in [3.8, 4) is 5.75 Å². The van der Waals surface area contributed by atoms with E-state index in [0.717, 1.165) is 24.1 Å². The summed E-state index contributed by atoms with van der Waals surface area (Å²) in [7, 11) is 3.35. The first-order valence-electron chi connectivity index (χ1n) is 8.29. The predicted octanol–water partition coefficient (Wildman–Crippen LogP) is 3.94. The maximum Gasteiger partial charge on any atom is 0.226 e. The molecule has 2 N–H and O–H groups in total. The number of benzene rings is 2. The Balaban J connectivity index is 1.83. The number of nitrogens with one attached hydrogen (secondary N) is 2. The number of hydrogen-bond donors (Lipinski definition) is 2. The number of halogens is 1. The van der Waals surface area contributed by atoms with Gasteiger partial charge in [0, 0.05) is 25.2 Å². The van der Waals surface area contributed by atoms with Gasteiger partial charge in [-0.2, -0.15) is 0 Å². The van der Waals surface area contributed by atoms with Gasteiger partial charge in [0.05, 0.1) is 18.5 Å². The van der Waals surface area contributed by atoms with Crippen LogP contribution in [-0.4, -0.2) is 25.2 Å². The van der Waals surface area contributed by atoms with Crippen LogP contribution in [0.4, 0.5) is 21.5 Å². The van der Waals surface area contributed by atoms with Crippen LogP contribution >= 0.6 is 12.2 Å². The Bertz CT molecular complexity index is 839. The molecule has 136 valence electrons. The van der Waals surface area contributed by atoms with Gasteiger partial charge in [-0.1, -0.05) is 0 Å². The number of hydrogen-bond acceptors (Lipinski definition) is 3. The highest BCUT2D eigenvalue weighted by molar-refractivity contribution is 7.80. The fraction of sp³-hybridized carbons (Fsp3) is 0.263. The molecule has 0 atom stereocenters. The molecule has 0 unspecified atom stereocenters. The molecule has 0 radical (unpaired) electrons. The quantitative estimate of drug-likeness (QED) is 0.798. The molecule has 0 fully saturated rings. The van der Waals surface area contributed by atoms with Gasteiger partial charge in [-0.3, -0.25) is 4.79 Å². The molecule has 1 amide bonds. The number of nitrogens with zero attached hydrogens (tertiary/aromatic N) is 1. The second kappa shape index (κ2) is 7.70. The summed E-state index contributed by atoms with van der Waals surface area (Å²) in [6.07, 6.45) is 2.14. The summed E-state index contributed by atoms with van der Waals surface area (Å²) in [5, 5.41) is 6.50. The van der Waals surface area contributed by atoms with Gasteiger partial charge >= 0.3 is 0 Å². The normalized spacial score (nSPS) is 13.7. The van der Waals surface area contributed by atoms with Gasteiger partial charge in [0.25, 0.3) is 0 Å². The number of carbonyl (C=O) groups is 1. The van der Waals surface area contributed by atoms with Crippen LogP contribution in [0.5, 0.6) is 5.75 Å². The van der Waals surface area contributed by atoms with E-state index in [2.05, 4.69) is 10.6 Å². The maximum atomic E-state index is 13.0. The summed E-state index contributed by atoms with van der Waals surface area (Å²) < 4.78 is 18.5. The van der Waals surface area contributed by atoms with Crippen molar-refractivity contribution in [3.05, 3.63) is 47.8 Å². The number of carbonyl (C=O) groups excluding carboxylic acids is 1. The monoisotopic (exact) mass is 373 g/mol. The number of rotatable bonds is 3. The van der Waals surface area contributed by atoms with E-state index >= 15 is 0 Å². The molecule has 0 bridgehead atoms. The van der Waals surface area contributed by atoms with Crippen LogP contribution < -0.4 is 20.3 Å². The minimum atomic E-state index is -0.305. The van der Waals surface area contributed by atoms with Crippen molar-refractivity contribution in [2.45, 2.75) is 19.3 Å². The average Bonchev–Trinajstić information content (AvgIpc) is 2.75. The highest BCUT2D eigenvalue weighted by Gasteiger charge is 2.21. The van der Waals surface area contributed by atoms with E-state index in [1.165, 1.54) is 12.1 Å². The van der Waals surface area contributed by atoms with Gasteiger partial charge in [-0.05, 0) is 61.0 Å². The summed E-state index contributed by atoms with van der Waals surface area (Å²) in [6, 6.07) is 9.75. The van der Waals surface area contributed by atoms with Gasteiger partial charge in [-0.25, -0.2) is 4.39 Å². The van der Waals surface area contributed by atoms with E-state index < -0.39 is 0 Å². The Morgan fingerprint density at radius 2 is 1.92 bits per heavy atom. The Hall–Kier alpha value is -2.67. The van der Waals surface area contributed by atoms with Crippen molar-refractivity contribution in [1.29, 1.82) is 0 Å². The van der Waals surface area contributed by atoms with Crippen molar-refractivity contribution in [2.24, 2.45) is 0 Å². The van der Waals surface area contributed by atoms with Crippen molar-refractivity contribution < 1.29 is 13.9 Å².